The summed E-state index contributed by atoms with van der Waals surface area (Å²) in [6.07, 6.45) is 1.20. The van der Waals surface area contributed by atoms with Gasteiger partial charge in [0.25, 0.3) is 0 Å². The zero-order chi connectivity index (χ0) is 12.7. The number of rotatable bonds is 2. The van der Waals surface area contributed by atoms with Crippen LogP contribution in [0.15, 0.2) is 6.07 Å². The Morgan fingerprint density at radius 2 is 2.17 bits per heavy atom. The highest BCUT2D eigenvalue weighted by Crippen LogP contribution is 2.36. The fourth-order valence-corrected chi connectivity index (χ4v) is 3.65. The first-order valence-electron chi connectivity index (χ1n) is 6.98. The maximum absolute atomic E-state index is 4.64. The van der Waals surface area contributed by atoms with Gasteiger partial charge in [-0.1, -0.05) is 6.92 Å². The predicted octanol–water partition coefficient (Wildman–Crippen LogP) is 1.53. The molecule has 2 aliphatic rings. The molecular formula is C14H22N4. The van der Waals surface area contributed by atoms with Crippen LogP contribution in [-0.4, -0.2) is 35.6 Å². The van der Waals surface area contributed by atoms with Gasteiger partial charge in [0.15, 0.2) is 0 Å². The van der Waals surface area contributed by atoms with E-state index in [4.69, 9.17) is 0 Å². The van der Waals surface area contributed by atoms with Crippen LogP contribution in [-0.2, 0) is 0 Å². The highest BCUT2D eigenvalue weighted by Gasteiger charge is 2.43. The van der Waals surface area contributed by atoms with E-state index in [1.54, 1.807) is 0 Å². The summed E-state index contributed by atoms with van der Waals surface area (Å²) < 4.78 is 0. The van der Waals surface area contributed by atoms with Gasteiger partial charge in [0, 0.05) is 37.4 Å². The van der Waals surface area contributed by atoms with E-state index in [1.165, 1.54) is 19.5 Å². The van der Waals surface area contributed by atoms with Crippen molar-refractivity contribution in [3.8, 4) is 0 Å². The minimum atomic E-state index is 0.638. The van der Waals surface area contributed by atoms with Crippen molar-refractivity contribution >= 4 is 5.82 Å². The third-order valence-corrected chi connectivity index (χ3v) is 4.38. The molecule has 0 spiro atoms. The minimum Gasteiger partial charge on any atom is -0.353 e. The lowest BCUT2D eigenvalue weighted by atomic mass is 9.93. The standard InChI is InChI=1S/C14H22N4/c1-4-13-12-7-15-6-11(12)8-18(13)14-5-9(2)16-10(3)17-14/h5,11-13,15H,4,6-8H2,1-3H3. The number of fused-ring (bicyclic) bond motifs is 1. The molecule has 18 heavy (non-hydrogen) atoms. The van der Waals surface area contributed by atoms with E-state index in [2.05, 4.69) is 40.1 Å². The Kier molecular flexibility index (Phi) is 2.98. The van der Waals surface area contributed by atoms with Crippen molar-refractivity contribution in [2.24, 2.45) is 11.8 Å². The van der Waals surface area contributed by atoms with E-state index in [0.717, 1.165) is 35.7 Å². The molecule has 0 aromatic carbocycles. The lowest BCUT2D eigenvalue weighted by molar-refractivity contribution is 0.441. The summed E-state index contributed by atoms with van der Waals surface area (Å²) in [5.41, 5.74) is 1.07. The minimum absolute atomic E-state index is 0.638. The number of nitrogens with one attached hydrogen (secondary N) is 1. The third kappa shape index (κ3) is 1.88. The van der Waals surface area contributed by atoms with E-state index >= 15 is 0 Å². The summed E-state index contributed by atoms with van der Waals surface area (Å²) in [5, 5.41) is 3.52. The molecule has 3 unspecified atom stereocenters. The van der Waals surface area contributed by atoms with Gasteiger partial charge in [-0.15, -0.1) is 0 Å². The van der Waals surface area contributed by atoms with Gasteiger partial charge in [-0.05, 0) is 32.1 Å². The van der Waals surface area contributed by atoms with E-state index in [-0.39, 0.29) is 0 Å². The fourth-order valence-electron chi connectivity index (χ4n) is 3.65. The normalized spacial score (nSPS) is 30.8. The second kappa shape index (κ2) is 4.50. The van der Waals surface area contributed by atoms with Crippen molar-refractivity contribution in [1.82, 2.24) is 15.3 Å². The molecule has 3 heterocycles. The molecule has 3 atom stereocenters. The molecule has 2 saturated heterocycles. The largest absolute Gasteiger partial charge is 0.353 e. The first-order valence-corrected chi connectivity index (χ1v) is 6.98. The Hall–Kier alpha value is -1.16. The molecular weight excluding hydrogens is 224 g/mol. The van der Waals surface area contributed by atoms with Crippen molar-refractivity contribution in [1.29, 1.82) is 0 Å². The predicted molar refractivity (Wildman–Crippen MR) is 72.8 cm³/mol. The third-order valence-electron chi connectivity index (χ3n) is 4.38. The monoisotopic (exact) mass is 246 g/mol. The fraction of sp³-hybridized carbons (Fsp3) is 0.714. The molecule has 0 saturated carbocycles. The molecule has 98 valence electrons. The Morgan fingerprint density at radius 1 is 1.33 bits per heavy atom. The number of aryl methyl sites for hydroxylation is 2. The zero-order valence-corrected chi connectivity index (χ0v) is 11.5. The van der Waals surface area contributed by atoms with Crippen molar-refractivity contribution in [2.45, 2.75) is 33.2 Å². The van der Waals surface area contributed by atoms with Gasteiger partial charge in [-0.2, -0.15) is 0 Å². The second-order valence-electron chi connectivity index (χ2n) is 5.62. The van der Waals surface area contributed by atoms with Crippen LogP contribution in [0.2, 0.25) is 0 Å². The molecule has 0 bridgehead atoms. The van der Waals surface area contributed by atoms with Crippen LogP contribution in [0.1, 0.15) is 24.9 Å². The van der Waals surface area contributed by atoms with E-state index in [9.17, 15) is 0 Å². The Labute approximate surface area is 109 Å². The summed E-state index contributed by atoms with van der Waals surface area (Å²) in [5.74, 6) is 3.60. The van der Waals surface area contributed by atoms with Crippen molar-refractivity contribution in [2.75, 3.05) is 24.5 Å². The molecule has 0 radical (unpaired) electrons. The summed E-state index contributed by atoms with van der Waals surface area (Å²) >= 11 is 0. The zero-order valence-electron chi connectivity index (χ0n) is 11.5. The van der Waals surface area contributed by atoms with E-state index in [0.29, 0.717) is 6.04 Å². The summed E-state index contributed by atoms with van der Waals surface area (Å²) in [7, 11) is 0. The molecule has 1 N–H and O–H groups in total. The van der Waals surface area contributed by atoms with Crippen LogP contribution in [0.25, 0.3) is 0 Å². The maximum Gasteiger partial charge on any atom is 0.132 e. The van der Waals surface area contributed by atoms with Crippen LogP contribution >= 0.6 is 0 Å². The van der Waals surface area contributed by atoms with Crippen molar-refractivity contribution < 1.29 is 0 Å². The smallest absolute Gasteiger partial charge is 0.132 e. The Bertz CT molecular complexity index is 425. The topological polar surface area (TPSA) is 41.0 Å². The van der Waals surface area contributed by atoms with Gasteiger partial charge >= 0.3 is 0 Å². The number of nitrogens with zero attached hydrogens (tertiary/aromatic N) is 3. The molecule has 1 aromatic heterocycles. The second-order valence-corrected chi connectivity index (χ2v) is 5.62. The van der Waals surface area contributed by atoms with Crippen LogP contribution < -0.4 is 10.2 Å². The molecule has 2 fully saturated rings. The van der Waals surface area contributed by atoms with Crippen LogP contribution in [0.5, 0.6) is 0 Å². The lowest BCUT2D eigenvalue weighted by Crippen LogP contribution is -2.35. The van der Waals surface area contributed by atoms with Crippen LogP contribution in [0.4, 0.5) is 5.82 Å². The summed E-state index contributed by atoms with van der Waals surface area (Å²) in [4.78, 5) is 11.5. The van der Waals surface area contributed by atoms with Gasteiger partial charge in [0.1, 0.15) is 11.6 Å². The molecule has 4 heteroatoms. The molecule has 4 nitrogen and oxygen atoms in total. The quantitative estimate of drug-likeness (QED) is 0.859. The molecule has 2 aliphatic heterocycles. The van der Waals surface area contributed by atoms with Crippen LogP contribution in [0, 0.1) is 25.7 Å². The SMILES string of the molecule is CCC1C2CNCC2CN1c1cc(C)nc(C)n1. The molecule has 1 aromatic rings. The Balaban J connectivity index is 1.91. The number of hydrogen-bond donors (Lipinski definition) is 1. The van der Waals surface area contributed by atoms with Gasteiger partial charge in [0.05, 0.1) is 0 Å². The summed E-state index contributed by atoms with van der Waals surface area (Å²) in [6, 6.07) is 2.77. The average molecular weight is 246 g/mol. The maximum atomic E-state index is 4.64. The van der Waals surface area contributed by atoms with Gasteiger partial charge < -0.3 is 10.2 Å². The average Bonchev–Trinajstić information content (AvgIpc) is 2.86. The molecule has 0 aliphatic carbocycles. The highest BCUT2D eigenvalue weighted by atomic mass is 15.3. The lowest BCUT2D eigenvalue weighted by Gasteiger charge is -2.28. The van der Waals surface area contributed by atoms with Gasteiger partial charge in [0.2, 0.25) is 0 Å². The van der Waals surface area contributed by atoms with Crippen LogP contribution in [0.3, 0.4) is 0 Å². The van der Waals surface area contributed by atoms with Crippen molar-refractivity contribution in [3.05, 3.63) is 17.6 Å². The van der Waals surface area contributed by atoms with Gasteiger partial charge in [-0.3, -0.25) is 0 Å². The summed E-state index contributed by atoms with van der Waals surface area (Å²) in [6.45, 7) is 9.81. The number of anilines is 1. The Morgan fingerprint density at radius 3 is 2.89 bits per heavy atom. The highest BCUT2D eigenvalue weighted by molar-refractivity contribution is 5.43. The number of aromatic nitrogens is 2. The van der Waals surface area contributed by atoms with E-state index < -0.39 is 0 Å². The van der Waals surface area contributed by atoms with E-state index in [1.807, 2.05) is 6.92 Å². The number of hydrogen-bond acceptors (Lipinski definition) is 4. The van der Waals surface area contributed by atoms with Gasteiger partial charge in [-0.25, -0.2) is 9.97 Å². The van der Waals surface area contributed by atoms with Crippen molar-refractivity contribution in [3.63, 3.8) is 0 Å². The molecule has 0 amide bonds. The first-order chi connectivity index (χ1) is 8.69. The molecule has 3 rings (SSSR count). The first kappa shape index (κ1) is 11.9.